The van der Waals surface area contributed by atoms with Gasteiger partial charge in [-0.05, 0) is 30.2 Å². The number of nitrogens with zero attached hydrogens (tertiary/aromatic N) is 1. The Hall–Kier alpha value is -2.60. The summed E-state index contributed by atoms with van der Waals surface area (Å²) in [6.45, 7) is 5.28. The Bertz CT molecular complexity index is 719. The van der Waals surface area contributed by atoms with Crippen LogP contribution in [0.2, 0.25) is 0 Å². The molecule has 2 amide bonds. The quantitative estimate of drug-likeness (QED) is 0.845. The van der Waals surface area contributed by atoms with E-state index in [0.29, 0.717) is 25.4 Å². The van der Waals surface area contributed by atoms with Crippen molar-refractivity contribution in [3.05, 3.63) is 54.0 Å². The molecule has 1 aromatic carbocycles. The zero-order valence-corrected chi connectivity index (χ0v) is 14.5. The van der Waals surface area contributed by atoms with Crippen LogP contribution < -0.4 is 10.2 Å². The van der Waals surface area contributed by atoms with Crippen molar-refractivity contribution < 1.29 is 18.9 Å². The molecule has 0 spiro atoms. The van der Waals surface area contributed by atoms with Gasteiger partial charge in [0.2, 0.25) is 0 Å². The largest absolute Gasteiger partial charge is 0.459 e. The van der Waals surface area contributed by atoms with Gasteiger partial charge in [-0.15, -0.1) is 0 Å². The van der Waals surface area contributed by atoms with E-state index in [4.69, 9.17) is 4.42 Å². The van der Waals surface area contributed by atoms with Crippen molar-refractivity contribution in [3.8, 4) is 0 Å². The highest BCUT2D eigenvalue weighted by atomic mass is 16.3. The molecule has 2 N–H and O–H groups in total. The third-order valence-electron chi connectivity index (χ3n) is 4.57. The number of carbonyl (C=O) groups excluding carboxylic acids is 2. The van der Waals surface area contributed by atoms with E-state index >= 15 is 0 Å². The first-order chi connectivity index (χ1) is 12.2. The number of carbonyl (C=O) groups is 2. The average Bonchev–Trinajstić information content (AvgIpc) is 3.17. The SMILES string of the molecule is CCc1ccccc1NC(=O)C[NH+]1CCN(C(=O)c2ccco2)CC1. The molecule has 3 rings (SSSR count). The van der Waals surface area contributed by atoms with Crippen LogP contribution in [0.15, 0.2) is 47.1 Å². The van der Waals surface area contributed by atoms with Gasteiger partial charge in [0.15, 0.2) is 12.3 Å². The van der Waals surface area contributed by atoms with Gasteiger partial charge < -0.3 is 19.5 Å². The fourth-order valence-electron chi connectivity index (χ4n) is 3.13. The summed E-state index contributed by atoms with van der Waals surface area (Å²) in [7, 11) is 0. The second-order valence-corrected chi connectivity index (χ2v) is 6.26. The van der Waals surface area contributed by atoms with Crippen molar-refractivity contribution >= 4 is 17.5 Å². The first-order valence-electron chi connectivity index (χ1n) is 8.71. The molecular weight excluding hydrogens is 318 g/mol. The molecule has 25 heavy (non-hydrogen) atoms. The second kappa shape index (κ2) is 7.98. The lowest BCUT2D eigenvalue weighted by Gasteiger charge is -2.31. The highest BCUT2D eigenvalue weighted by Crippen LogP contribution is 2.14. The number of anilines is 1. The highest BCUT2D eigenvalue weighted by Gasteiger charge is 2.27. The molecule has 1 fully saturated rings. The fourth-order valence-corrected chi connectivity index (χ4v) is 3.13. The van der Waals surface area contributed by atoms with Crippen LogP contribution >= 0.6 is 0 Å². The third-order valence-corrected chi connectivity index (χ3v) is 4.57. The highest BCUT2D eigenvalue weighted by molar-refractivity contribution is 5.92. The number of rotatable bonds is 5. The van der Waals surface area contributed by atoms with Crippen LogP contribution in [0, 0.1) is 0 Å². The summed E-state index contributed by atoms with van der Waals surface area (Å²) in [5, 5.41) is 3.01. The van der Waals surface area contributed by atoms with E-state index in [0.717, 1.165) is 30.8 Å². The third kappa shape index (κ3) is 4.28. The smallest absolute Gasteiger partial charge is 0.289 e. The Kier molecular flexibility index (Phi) is 5.50. The zero-order chi connectivity index (χ0) is 17.6. The van der Waals surface area contributed by atoms with Gasteiger partial charge in [0, 0.05) is 5.69 Å². The molecule has 1 aliphatic heterocycles. The number of aryl methyl sites for hydroxylation is 1. The number of nitrogens with one attached hydrogen (secondary N) is 2. The van der Waals surface area contributed by atoms with Gasteiger partial charge in [-0.2, -0.15) is 0 Å². The van der Waals surface area contributed by atoms with Gasteiger partial charge in [0.25, 0.3) is 11.8 Å². The molecule has 132 valence electrons. The minimum atomic E-state index is -0.0784. The lowest BCUT2D eigenvalue weighted by Crippen LogP contribution is -3.15. The monoisotopic (exact) mass is 342 g/mol. The summed E-state index contributed by atoms with van der Waals surface area (Å²) in [5.74, 6) is 0.310. The molecule has 0 bridgehead atoms. The lowest BCUT2D eigenvalue weighted by molar-refractivity contribution is -0.895. The van der Waals surface area contributed by atoms with Gasteiger partial charge in [-0.25, -0.2) is 0 Å². The Morgan fingerprint density at radius 2 is 1.92 bits per heavy atom. The number of hydrogen-bond donors (Lipinski definition) is 2. The number of benzene rings is 1. The molecule has 1 aromatic heterocycles. The van der Waals surface area contributed by atoms with E-state index in [2.05, 4.69) is 12.2 Å². The summed E-state index contributed by atoms with van der Waals surface area (Å²) < 4.78 is 5.17. The van der Waals surface area contributed by atoms with Crippen LogP contribution in [-0.2, 0) is 11.2 Å². The van der Waals surface area contributed by atoms with Crippen molar-refractivity contribution in [2.75, 3.05) is 38.0 Å². The Morgan fingerprint density at radius 3 is 2.60 bits per heavy atom. The maximum atomic E-state index is 12.3. The van der Waals surface area contributed by atoms with Crippen molar-refractivity contribution in [2.45, 2.75) is 13.3 Å². The van der Waals surface area contributed by atoms with Crippen molar-refractivity contribution in [3.63, 3.8) is 0 Å². The van der Waals surface area contributed by atoms with Crippen LogP contribution in [0.1, 0.15) is 23.0 Å². The van der Waals surface area contributed by atoms with Gasteiger partial charge in [-0.3, -0.25) is 9.59 Å². The van der Waals surface area contributed by atoms with Gasteiger partial charge >= 0.3 is 0 Å². The number of quaternary nitrogens is 1. The van der Waals surface area contributed by atoms with Crippen LogP contribution in [0.25, 0.3) is 0 Å². The fraction of sp³-hybridized carbons (Fsp3) is 0.368. The molecular formula is C19H24N3O3+. The summed E-state index contributed by atoms with van der Waals surface area (Å²) in [6.07, 6.45) is 2.39. The molecule has 0 atom stereocenters. The van der Waals surface area contributed by atoms with Crippen molar-refractivity contribution in [2.24, 2.45) is 0 Å². The molecule has 0 radical (unpaired) electrons. The Labute approximate surface area is 147 Å². The van der Waals surface area contributed by atoms with E-state index in [1.54, 1.807) is 17.0 Å². The first-order valence-corrected chi connectivity index (χ1v) is 8.71. The summed E-state index contributed by atoms with van der Waals surface area (Å²) >= 11 is 0. The number of hydrogen-bond acceptors (Lipinski definition) is 3. The number of amides is 2. The normalized spacial score (nSPS) is 15.2. The maximum absolute atomic E-state index is 12.3. The minimum Gasteiger partial charge on any atom is -0.459 e. The van der Waals surface area contributed by atoms with Crippen LogP contribution in [0.5, 0.6) is 0 Å². The maximum Gasteiger partial charge on any atom is 0.289 e. The number of furan rings is 1. The predicted molar refractivity (Wildman–Crippen MR) is 94.6 cm³/mol. The zero-order valence-electron chi connectivity index (χ0n) is 14.5. The van der Waals surface area contributed by atoms with Crippen LogP contribution in [0.4, 0.5) is 5.69 Å². The van der Waals surface area contributed by atoms with E-state index in [-0.39, 0.29) is 11.8 Å². The molecule has 0 saturated carbocycles. The van der Waals surface area contributed by atoms with E-state index in [1.165, 1.54) is 11.2 Å². The molecule has 2 aromatic rings. The summed E-state index contributed by atoms with van der Waals surface area (Å²) in [6, 6.07) is 11.3. The second-order valence-electron chi connectivity index (χ2n) is 6.26. The van der Waals surface area contributed by atoms with Crippen molar-refractivity contribution in [1.29, 1.82) is 0 Å². The summed E-state index contributed by atoms with van der Waals surface area (Å²) in [5.41, 5.74) is 2.03. The molecule has 6 nitrogen and oxygen atoms in total. The average molecular weight is 342 g/mol. The topological polar surface area (TPSA) is 67.0 Å². The number of piperazine rings is 1. The van der Waals surface area contributed by atoms with Gasteiger partial charge in [0.05, 0.1) is 32.4 Å². The standard InChI is InChI=1S/C19H23N3O3/c1-2-15-6-3-4-7-16(15)20-18(23)14-21-9-11-22(12-10-21)19(24)17-8-5-13-25-17/h3-8,13H,2,9-12,14H2,1H3,(H,20,23)/p+1. The molecule has 0 unspecified atom stereocenters. The van der Waals surface area contributed by atoms with E-state index in [1.807, 2.05) is 24.3 Å². The first kappa shape index (κ1) is 17.2. The van der Waals surface area contributed by atoms with Gasteiger partial charge in [0.1, 0.15) is 0 Å². The van der Waals surface area contributed by atoms with Crippen LogP contribution in [-0.4, -0.2) is 49.4 Å². The van der Waals surface area contributed by atoms with E-state index in [9.17, 15) is 9.59 Å². The van der Waals surface area contributed by atoms with E-state index < -0.39 is 0 Å². The number of para-hydroxylation sites is 1. The minimum absolute atomic E-state index is 0.0155. The van der Waals surface area contributed by atoms with Crippen molar-refractivity contribution in [1.82, 2.24) is 4.90 Å². The molecule has 1 saturated heterocycles. The van der Waals surface area contributed by atoms with Gasteiger partial charge in [-0.1, -0.05) is 25.1 Å². The Balaban J connectivity index is 1.49. The predicted octanol–water partition coefficient (Wildman–Crippen LogP) is 0.821. The lowest BCUT2D eigenvalue weighted by atomic mass is 10.1. The molecule has 6 heteroatoms. The van der Waals surface area contributed by atoms with Crippen LogP contribution in [0.3, 0.4) is 0 Å². The molecule has 2 heterocycles. The molecule has 1 aliphatic rings. The molecule has 0 aliphatic carbocycles. The Morgan fingerprint density at radius 1 is 1.16 bits per heavy atom. The summed E-state index contributed by atoms with van der Waals surface area (Å²) in [4.78, 5) is 27.5.